The second kappa shape index (κ2) is 5.49. The van der Waals surface area contributed by atoms with Crippen LogP contribution in [0.15, 0.2) is 57.6 Å². The van der Waals surface area contributed by atoms with E-state index >= 15 is 0 Å². The Labute approximate surface area is 148 Å². The monoisotopic (exact) mass is 342 g/mol. The van der Waals surface area contributed by atoms with E-state index in [-0.39, 0.29) is 0 Å². The molecule has 0 saturated heterocycles. The van der Waals surface area contributed by atoms with E-state index in [2.05, 4.69) is 19.9 Å². The van der Waals surface area contributed by atoms with Gasteiger partial charge in [0, 0.05) is 31.5 Å². The molecule has 0 aliphatic heterocycles. The molecule has 6 nitrogen and oxygen atoms in total. The summed E-state index contributed by atoms with van der Waals surface area (Å²) in [6.07, 6.45) is 3.57. The van der Waals surface area contributed by atoms with Crippen LogP contribution in [-0.2, 0) is 0 Å². The maximum atomic E-state index is 5.88. The Morgan fingerprint density at radius 1 is 0.731 bits per heavy atom. The Morgan fingerprint density at radius 2 is 1.42 bits per heavy atom. The first-order chi connectivity index (χ1) is 12.7. The zero-order chi connectivity index (χ0) is 17.7. The molecule has 4 heterocycles. The van der Waals surface area contributed by atoms with Gasteiger partial charge in [-0.1, -0.05) is 6.07 Å². The Kier molecular flexibility index (Phi) is 3.12. The van der Waals surface area contributed by atoms with Gasteiger partial charge in [-0.25, -0.2) is 9.97 Å². The van der Waals surface area contributed by atoms with Crippen LogP contribution < -0.4 is 0 Å². The van der Waals surface area contributed by atoms with Gasteiger partial charge in [0.15, 0.2) is 17.1 Å². The fourth-order valence-corrected chi connectivity index (χ4v) is 2.88. The molecular weight excluding hydrogens is 328 g/mol. The number of benzene rings is 1. The minimum absolute atomic E-state index is 0.514. The summed E-state index contributed by atoms with van der Waals surface area (Å²) in [5.41, 5.74) is 6.43. The zero-order valence-corrected chi connectivity index (χ0v) is 14.2. The molecule has 4 aromatic heterocycles. The molecule has 0 radical (unpaired) electrons. The van der Waals surface area contributed by atoms with Gasteiger partial charge in [-0.05, 0) is 30.7 Å². The highest BCUT2D eigenvalue weighted by Crippen LogP contribution is 2.28. The summed E-state index contributed by atoms with van der Waals surface area (Å²) in [6.45, 7) is 3.82. The molecule has 6 heteroatoms. The van der Waals surface area contributed by atoms with Gasteiger partial charge in [0.2, 0.25) is 5.89 Å². The summed E-state index contributed by atoms with van der Waals surface area (Å²) < 4.78 is 11.4. The first kappa shape index (κ1) is 14.8. The predicted octanol–water partition coefficient (Wildman–Crippen LogP) is 4.71. The molecule has 0 spiro atoms. The maximum Gasteiger partial charge on any atom is 0.228 e. The van der Waals surface area contributed by atoms with Gasteiger partial charge < -0.3 is 8.83 Å². The smallest absolute Gasteiger partial charge is 0.228 e. The molecule has 5 aromatic rings. The molecule has 0 saturated carbocycles. The van der Waals surface area contributed by atoms with Gasteiger partial charge in [0.05, 0.1) is 17.0 Å². The summed E-state index contributed by atoms with van der Waals surface area (Å²) in [5, 5.41) is 0. The molecule has 0 aliphatic rings. The Bertz CT molecular complexity index is 1180. The van der Waals surface area contributed by atoms with Gasteiger partial charge in [-0.3, -0.25) is 9.97 Å². The average molecular weight is 342 g/mol. The molecule has 0 N–H and O–H groups in total. The quantitative estimate of drug-likeness (QED) is 0.462. The number of hydrogen-bond donors (Lipinski definition) is 0. The van der Waals surface area contributed by atoms with Crippen molar-refractivity contribution < 1.29 is 8.83 Å². The van der Waals surface area contributed by atoms with E-state index in [1.54, 1.807) is 6.20 Å². The van der Waals surface area contributed by atoms with Crippen LogP contribution in [-0.4, -0.2) is 19.9 Å². The van der Waals surface area contributed by atoms with Crippen LogP contribution >= 0.6 is 0 Å². The van der Waals surface area contributed by atoms with E-state index in [1.807, 2.05) is 56.4 Å². The molecule has 126 valence electrons. The SMILES string of the molecule is Cc1ccc(-c2ccc(-c3nc4cc5oc(C)nc5cc4o3)cn2)nc1. The molecule has 1 aromatic carbocycles. The molecule has 5 rings (SSSR count). The third-order valence-electron chi connectivity index (χ3n) is 4.19. The summed E-state index contributed by atoms with van der Waals surface area (Å²) in [4.78, 5) is 17.8. The predicted molar refractivity (Wildman–Crippen MR) is 97.5 cm³/mol. The fourth-order valence-electron chi connectivity index (χ4n) is 2.88. The van der Waals surface area contributed by atoms with Crippen LogP contribution in [0.25, 0.3) is 45.0 Å². The van der Waals surface area contributed by atoms with Crippen molar-refractivity contribution in [1.82, 2.24) is 19.9 Å². The molecule has 0 atom stereocenters. The van der Waals surface area contributed by atoms with Crippen LogP contribution in [0.4, 0.5) is 0 Å². The van der Waals surface area contributed by atoms with Gasteiger partial charge in [0.25, 0.3) is 0 Å². The number of fused-ring (bicyclic) bond motifs is 2. The minimum atomic E-state index is 0.514. The van der Waals surface area contributed by atoms with Gasteiger partial charge in [0.1, 0.15) is 11.0 Å². The van der Waals surface area contributed by atoms with Crippen molar-refractivity contribution in [2.24, 2.45) is 0 Å². The lowest BCUT2D eigenvalue weighted by atomic mass is 10.2. The van der Waals surface area contributed by atoms with Crippen LogP contribution in [0, 0.1) is 13.8 Å². The first-order valence-corrected chi connectivity index (χ1v) is 8.23. The van der Waals surface area contributed by atoms with Gasteiger partial charge >= 0.3 is 0 Å². The van der Waals surface area contributed by atoms with Crippen LogP contribution in [0.3, 0.4) is 0 Å². The number of nitrogens with zero attached hydrogens (tertiary/aromatic N) is 4. The number of rotatable bonds is 2. The molecule has 0 amide bonds. The number of hydrogen-bond acceptors (Lipinski definition) is 6. The first-order valence-electron chi connectivity index (χ1n) is 8.23. The van der Waals surface area contributed by atoms with Crippen LogP contribution in [0.1, 0.15) is 11.5 Å². The van der Waals surface area contributed by atoms with E-state index in [0.717, 1.165) is 33.5 Å². The largest absolute Gasteiger partial charge is 0.441 e. The lowest BCUT2D eigenvalue weighted by Gasteiger charge is -2.01. The Balaban J connectivity index is 1.53. The van der Waals surface area contributed by atoms with Crippen molar-refractivity contribution in [3.8, 4) is 22.8 Å². The summed E-state index contributed by atoms with van der Waals surface area (Å²) in [6, 6.07) is 11.5. The number of aromatic nitrogens is 4. The van der Waals surface area contributed by atoms with Crippen molar-refractivity contribution in [2.45, 2.75) is 13.8 Å². The average Bonchev–Trinajstić information content (AvgIpc) is 3.21. The topological polar surface area (TPSA) is 77.8 Å². The number of oxazole rings is 2. The van der Waals surface area contributed by atoms with E-state index in [9.17, 15) is 0 Å². The normalized spacial score (nSPS) is 11.5. The zero-order valence-electron chi connectivity index (χ0n) is 14.2. The molecule has 0 aliphatic carbocycles. The third-order valence-corrected chi connectivity index (χ3v) is 4.19. The highest BCUT2D eigenvalue weighted by Gasteiger charge is 2.13. The molecular formula is C20H14N4O2. The molecule has 0 fully saturated rings. The van der Waals surface area contributed by atoms with E-state index in [4.69, 9.17) is 8.83 Å². The van der Waals surface area contributed by atoms with E-state index in [0.29, 0.717) is 22.9 Å². The Morgan fingerprint density at radius 3 is 2.12 bits per heavy atom. The van der Waals surface area contributed by atoms with Gasteiger partial charge in [-0.2, -0.15) is 0 Å². The fraction of sp³-hybridized carbons (Fsp3) is 0.100. The number of pyridine rings is 2. The molecule has 0 unspecified atom stereocenters. The van der Waals surface area contributed by atoms with Crippen molar-refractivity contribution in [2.75, 3.05) is 0 Å². The molecule has 0 bridgehead atoms. The van der Waals surface area contributed by atoms with Crippen molar-refractivity contribution in [1.29, 1.82) is 0 Å². The summed E-state index contributed by atoms with van der Waals surface area (Å²) in [7, 11) is 0. The van der Waals surface area contributed by atoms with Crippen molar-refractivity contribution in [3.63, 3.8) is 0 Å². The highest BCUT2D eigenvalue weighted by atomic mass is 16.4. The molecule has 26 heavy (non-hydrogen) atoms. The standard InChI is InChI=1S/C20H14N4O2/c1-11-3-5-14(21-9-11)15-6-4-13(10-22-15)20-24-17-8-18-16(7-19(17)26-20)23-12(2)25-18/h3-10H,1-2H3. The van der Waals surface area contributed by atoms with E-state index < -0.39 is 0 Å². The van der Waals surface area contributed by atoms with Gasteiger partial charge in [-0.15, -0.1) is 0 Å². The summed E-state index contributed by atoms with van der Waals surface area (Å²) >= 11 is 0. The highest BCUT2D eigenvalue weighted by molar-refractivity contribution is 5.90. The van der Waals surface area contributed by atoms with Crippen LogP contribution in [0.5, 0.6) is 0 Å². The van der Waals surface area contributed by atoms with Crippen molar-refractivity contribution >= 4 is 22.2 Å². The maximum absolute atomic E-state index is 5.88. The second-order valence-electron chi connectivity index (χ2n) is 6.19. The summed E-state index contributed by atoms with van der Waals surface area (Å²) in [5.74, 6) is 1.14. The minimum Gasteiger partial charge on any atom is -0.441 e. The third kappa shape index (κ3) is 2.43. The van der Waals surface area contributed by atoms with E-state index in [1.165, 1.54) is 0 Å². The Hall–Kier alpha value is -3.54. The van der Waals surface area contributed by atoms with Crippen molar-refractivity contribution in [3.05, 3.63) is 60.2 Å². The number of aryl methyl sites for hydroxylation is 2. The lowest BCUT2D eigenvalue weighted by molar-refractivity contribution is 0.561. The van der Waals surface area contributed by atoms with Crippen LogP contribution in [0.2, 0.25) is 0 Å². The lowest BCUT2D eigenvalue weighted by Crippen LogP contribution is -1.88. The second-order valence-corrected chi connectivity index (χ2v) is 6.19.